The molecule has 0 bridgehead atoms. The zero-order valence-corrected chi connectivity index (χ0v) is 14.3. The monoisotopic (exact) mass is 314 g/mol. The molecule has 23 heavy (non-hydrogen) atoms. The molecule has 0 saturated heterocycles. The number of aromatic nitrogens is 1. The van der Waals surface area contributed by atoms with Crippen LogP contribution >= 0.6 is 0 Å². The molecule has 4 nitrogen and oxygen atoms in total. The summed E-state index contributed by atoms with van der Waals surface area (Å²) in [6.45, 7) is 8.06. The first kappa shape index (κ1) is 15.0. The average Bonchev–Trinajstić information content (AvgIpc) is 3.43. The van der Waals surface area contributed by atoms with Crippen LogP contribution in [0.5, 0.6) is 5.75 Å². The fourth-order valence-corrected chi connectivity index (χ4v) is 2.84. The highest BCUT2D eigenvalue weighted by molar-refractivity contribution is 5.93. The SMILES string of the molecule is CC(C)(C)[C@H]1COC(c2cc(OCC3CC3)c(C3CC3)cn2)=N1. The van der Waals surface area contributed by atoms with Gasteiger partial charge in [-0.2, -0.15) is 0 Å². The Morgan fingerprint density at radius 2 is 2.00 bits per heavy atom. The number of rotatable bonds is 5. The second-order valence-electron chi connectivity index (χ2n) is 8.26. The first-order valence-corrected chi connectivity index (χ1v) is 8.84. The smallest absolute Gasteiger partial charge is 0.235 e. The van der Waals surface area contributed by atoms with Crippen LogP contribution in [0.2, 0.25) is 0 Å². The van der Waals surface area contributed by atoms with Gasteiger partial charge >= 0.3 is 0 Å². The van der Waals surface area contributed by atoms with Crippen LogP contribution < -0.4 is 4.74 Å². The molecule has 1 aromatic heterocycles. The molecule has 0 N–H and O–H groups in total. The Morgan fingerprint density at radius 3 is 2.61 bits per heavy atom. The van der Waals surface area contributed by atoms with Gasteiger partial charge in [-0.3, -0.25) is 4.98 Å². The average molecular weight is 314 g/mol. The zero-order chi connectivity index (χ0) is 16.0. The van der Waals surface area contributed by atoms with Crippen LogP contribution in [0, 0.1) is 11.3 Å². The van der Waals surface area contributed by atoms with E-state index in [1.807, 2.05) is 12.3 Å². The summed E-state index contributed by atoms with van der Waals surface area (Å²) < 4.78 is 11.9. The van der Waals surface area contributed by atoms with E-state index < -0.39 is 0 Å². The van der Waals surface area contributed by atoms with E-state index in [9.17, 15) is 0 Å². The lowest BCUT2D eigenvalue weighted by molar-refractivity contribution is 0.235. The molecule has 0 spiro atoms. The molecule has 2 fully saturated rings. The van der Waals surface area contributed by atoms with Gasteiger partial charge in [-0.05, 0) is 42.9 Å². The van der Waals surface area contributed by atoms with Crippen LogP contribution in [0.1, 0.15) is 63.6 Å². The molecule has 0 amide bonds. The van der Waals surface area contributed by atoms with Gasteiger partial charge in [0, 0.05) is 17.8 Å². The quantitative estimate of drug-likeness (QED) is 0.827. The first-order chi connectivity index (χ1) is 11.0. The summed E-state index contributed by atoms with van der Waals surface area (Å²) >= 11 is 0. The number of hydrogen-bond donors (Lipinski definition) is 0. The maximum atomic E-state index is 6.11. The van der Waals surface area contributed by atoms with Crippen molar-refractivity contribution < 1.29 is 9.47 Å². The van der Waals surface area contributed by atoms with Crippen molar-refractivity contribution in [3.05, 3.63) is 23.5 Å². The largest absolute Gasteiger partial charge is 0.493 e. The Labute approximate surface area is 138 Å². The maximum absolute atomic E-state index is 6.11. The molecule has 2 aliphatic carbocycles. The van der Waals surface area contributed by atoms with E-state index in [-0.39, 0.29) is 11.5 Å². The fourth-order valence-electron chi connectivity index (χ4n) is 2.84. The van der Waals surface area contributed by atoms with Gasteiger partial charge in [-0.1, -0.05) is 20.8 Å². The Kier molecular flexibility index (Phi) is 3.58. The van der Waals surface area contributed by atoms with Crippen molar-refractivity contribution in [2.75, 3.05) is 13.2 Å². The molecule has 0 radical (unpaired) electrons. The maximum Gasteiger partial charge on any atom is 0.235 e. The van der Waals surface area contributed by atoms with E-state index in [0.717, 1.165) is 24.0 Å². The minimum atomic E-state index is 0.112. The van der Waals surface area contributed by atoms with Crippen molar-refractivity contribution in [3.63, 3.8) is 0 Å². The number of aliphatic imine (C=N–C) groups is 1. The lowest BCUT2D eigenvalue weighted by Crippen LogP contribution is -2.25. The van der Waals surface area contributed by atoms with Gasteiger partial charge in [0.2, 0.25) is 5.90 Å². The Morgan fingerprint density at radius 1 is 1.22 bits per heavy atom. The van der Waals surface area contributed by atoms with Crippen LogP contribution in [0.4, 0.5) is 0 Å². The van der Waals surface area contributed by atoms with Crippen LogP contribution in [0.25, 0.3) is 0 Å². The van der Waals surface area contributed by atoms with Gasteiger partial charge in [0.15, 0.2) is 0 Å². The standard InChI is InChI=1S/C19H26N2O2/c1-19(2,3)17-11-23-18(21-17)15-8-16(22-10-12-4-5-12)14(9-20-15)13-6-7-13/h8-9,12-13,17H,4-7,10-11H2,1-3H3/t17-/m1/s1. The van der Waals surface area contributed by atoms with E-state index >= 15 is 0 Å². The second kappa shape index (κ2) is 5.50. The Balaban J connectivity index is 1.57. The topological polar surface area (TPSA) is 43.7 Å². The van der Waals surface area contributed by atoms with Gasteiger partial charge in [0.1, 0.15) is 18.1 Å². The number of pyridine rings is 1. The van der Waals surface area contributed by atoms with Crippen molar-refractivity contribution in [1.29, 1.82) is 0 Å². The molecule has 1 aromatic rings. The van der Waals surface area contributed by atoms with Crippen LogP contribution in [0.15, 0.2) is 17.3 Å². The van der Waals surface area contributed by atoms with E-state index in [1.54, 1.807) is 0 Å². The summed E-state index contributed by atoms with van der Waals surface area (Å²) in [4.78, 5) is 9.35. The lowest BCUT2D eigenvalue weighted by Gasteiger charge is -2.21. The highest BCUT2D eigenvalue weighted by atomic mass is 16.5. The molecule has 124 valence electrons. The molecule has 0 aromatic carbocycles. The summed E-state index contributed by atoms with van der Waals surface area (Å²) in [5.74, 6) is 3.06. The van der Waals surface area contributed by atoms with E-state index in [1.165, 1.54) is 31.2 Å². The third-order valence-corrected chi connectivity index (χ3v) is 4.95. The van der Waals surface area contributed by atoms with Gasteiger partial charge in [0.25, 0.3) is 0 Å². The number of ether oxygens (including phenoxy) is 2. The number of nitrogens with zero attached hydrogens (tertiary/aromatic N) is 2. The summed E-state index contributed by atoms with van der Waals surface area (Å²) in [6.07, 6.45) is 7.10. The summed E-state index contributed by atoms with van der Waals surface area (Å²) in [5.41, 5.74) is 2.19. The van der Waals surface area contributed by atoms with Crippen molar-refractivity contribution >= 4 is 5.90 Å². The number of hydrogen-bond acceptors (Lipinski definition) is 4. The first-order valence-electron chi connectivity index (χ1n) is 8.84. The highest BCUT2D eigenvalue weighted by Gasteiger charge is 2.33. The van der Waals surface area contributed by atoms with Crippen LogP contribution in [0.3, 0.4) is 0 Å². The highest BCUT2D eigenvalue weighted by Crippen LogP contribution is 2.44. The third-order valence-electron chi connectivity index (χ3n) is 4.95. The van der Waals surface area contributed by atoms with E-state index in [2.05, 4.69) is 25.8 Å². The minimum absolute atomic E-state index is 0.112. The molecule has 1 aliphatic heterocycles. The molecule has 3 aliphatic rings. The molecule has 2 heterocycles. The fraction of sp³-hybridized carbons (Fsp3) is 0.684. The molecule has 2 saturated carbocycles. The molecular formula is C19H26N2O2. The Hall–Kier alpha value is -1.58. The van der Waals surface area contributed by atoms with E-state index in [0.29, 0.717) is 18.4 Å². The zero-order valence-electron chi connectivity index (χ0n) is 14.3. The predicted octanol–water partition coefficient (Wildman–Crippen LogP) is 3.94. The summed E-state index contributed by atoms with van der Waals surface area (Å²) in [7, 11) is 0. The summed E-state index contributed by atoms with van der Waals surface area (Å²) in [5, 5.41) is 0. The molecule has 1 atom stereocenters. The molecule has 4 rings (SSSR count). The van der Waals surface area contributed by atoms with Gasteiger partial charge in [0.05, 0.1) is 12.6 Å². The van der Waals surface area contributed by atoms with Crippen molar-refractivity contribution in [2.24, 2.45) is 16.3 Å². The van der Waals surface area contributed by atoms with Crippen molar-refractivity contribution in [3.8, 4) is 5.75 Å². The van der Waals surface area contributed by atoms with Gasteiger partial charge in [-0.25, -0.2) is 4.99 Å². The minimum Gasteiger partial charge on any atom is -0.493 e. The molecule has 0 unspecified atom stereocenters. The predicted molar refractivity (Wildman–Crippen MR) is 90.2 cm³/mol. The Bertz CT molecular complexity index is 625. The van der Waals surface area contributed by atoms with Crippen molar-refractivity contribution in [2.45, 2.75) is 58.4 Å². The van der Waals surface area contributed by atoms with Gasteiger partial charge in [-0.15, -0.1) is 0 Å². The van der Waals surface area contributed by atoms with E-state index in [4.69, 9.17) is 14.5 Å². The van der Waals surface area contributed by atoms with Crippen LogP contribution in [-0.4, -0.2) is 30.1 Å². The normalized spacial score (nSPS) is 24.3. The molecular weight excluding hydrogens is 288 g/mol. The van der Waals surface area contributed by atoms with Gasteiger partial charge < -0.3 is 9.47 Å². The third kappa shape index (κ3) is 3.36. The second-order valence-corrected chi connectivity index (χ2v) is 8.26. The van der Waals surface area contributed by atoms with Crippen LogP contribution in [-0.2, 0) is 4.74 Å². The van der Waals surface area contributed by atoms with Crippen molar-refractivity contribution in [1.82, 2.24) is 4.98 Å². The summed E-state index contributed by atoms with van der Waals surface area (Å²) in [6, 6.07) is 2.23. The lowest BCUT2D eigenvalue weighted by atomic mass is 9.88. The molecule has 4 heteroatoms.